The Bertz CT molecular complexity index is 263. The largest absolute Gasteiger partial charge is 0.392 e. The zero-order valence-corrected chi connectivity index (χ0v) is 14.0. The van der Waals surface area contributed by atoms with Crippen LogP contribution in [0.2, 0.25) is 0 Å². The van der Waals surface area contributed by atoms with Gasteiger partial charge in [0.05, 0.1) is 6.10 Å². The minimum atomic E-state index is 0.0544. The molecule has 0 bridgehead atoms. The second-order valence-corrected chi connectivity index (χ2v) is 10.5. The first-order valence-corrected chi connectivity index (χ1v) is 10.9. The van der Waals surface area contributed by atoms with E-state index in [-0.39, 0.29) is 14.0 Å². The fourth-order valence-corrected chi connectivity index (χ4v) is 9.67. The number of aliphatic hydroxyl groups is 1. The minimum Gasteiger partial charge on any atom is -0.392 e. The van der Waals surface area contributed by atoms with Crippen LogP contribution in [0.15, 0.2) is 0 Å². The molecule has 0 aromatic rings. The SMILES string of the molecule is OC1CCCCC1P(C1CCCCC1)C1CCCCC1. The van der Waals surface area contributed by atoms with Crippen LogP contribution in [0.1, 0.15) is 89.9 Å². The Kier molecular flexibility index (Phi) is 5.80. The van der Waals surface area contributed by atoms with Crippen LogP contribution in [0.5, 0.6) is 0 Å². The molecule has 0 aromatic carbocycles. The van der Waals surface area contributed by atoms with Crippen LogP contribution in [0.25, 0.3) is 0 Å². The summed E-state index contributed by atoms with van der Waals surface area (Å²) in [5, 5.41) is 10.6. The van der Waals surface area contributed by atoms with E-state index in [1.807, 2.05) is 0 Å². The molecular weight excluding hydrogens is 263 g/mol. The van der Waals surface area contributed by atoms with Crippen LogP contribution in [-0.4, -0.2) is 28.2 Å². The van der Waals surface area contributed by atoms with Gasteiger partial charge in [0.1, 0.15) is 0 Å². The number of hydrogen-bond acceptors (Lipinski definition) is 1. The van der Waals surface area contributed by atoms with Crippen LogP contribution in [0, 0.1) is 0 Å². The summed E-state index contributed by atoms with van der Waals surface area (Å²) in [5.74, 6) is 0. The van der Waals surface area contributed by atoms with Crippen LogP contribution in [0.3, 0.4) is 0 Å². The Morgan fingerprint density at radius 2 is 1.00 bits per heavy atom. The van der Waals surface area contributed by atoms with E-state index in [4.69, 9.17) is 0 Å². The molecule has 116 valence electrons. The van der Waals surface area contributed by atoms with E-state index < -0.39 is 0 Å². The molecule has 0 saturated heterocycles. The minimum absolute atomic E-state index is 0.0544. The Morgan fingerprint density at radius 3 is 1.50 bits per heavy atom. The third kappa shape index (κ3) is 3.58. The Labute approximate surface area is 126 Å². The number of aliphatic hydroxyl groups excluding tert-OH is 1. The lowest BCUT2D eigenvalue weighted by Crippen LogP contribution is -2.35. The monoisotopic (exact) mass is 296 g/mol. The van der Waals surface area contributed by atoms with Gasteiger partial charge in [0, 0.05) is 5.66 Å². The van der Waals surface area contributed by atoms with Gasteiger partial charge >= 0.3 is 0 Å². The van der Waals surface area contributed by atoms with Crippen molar-refractivity contribution in [3.05, 3.63) is 0 Å². The van der Waals surface area contributed by atoms with Crippen LogP contribution in [-0.2, 0) is 0 Å². The highest BCUT2D eigenvalue weighted by Gasteiger charge is 2.39. The molecule has 20 heavy (non-hydrogen) atoms. The zero-order valence-electron chi connectivity index (χ0n) is 13.1. The molecule has 2 heteroatoms. The molecule has 2 atom stereocenters. The molecule has 2 unspecified atom stereocenters. The van der Waals surface area contributed by atoms with Crippen LogP contribution < -0.4 is 0 Å². The van der Waals surface area contributed by atoms with Gasteiger partial charge in [0.15, 0.2) is 0 Å². The number of rotatable bonds is 3. The highest BCUT2D eigenvalue weighted by molar-refractivity contribution is 7.60. The first kappa shape index (κ1) is 15.3. The predicted octanol–water partition coefficient (Wildman–Crippen LogP) is 5.44. The molecule has 0 aliphatic heterocycles. The van der Waals surface area contributed by atoms with Gasteiger partial charge in [0.25, 0.3) is 0 Å². The molecule has 3 rings (SSSR count). The van der Waals surface area contributed by atoms with Gasteiger partial charge in [-0.3, -0.25) is 0 Å². The van der Waals surface area contributed by atoms with Crippen molar-refractivity contribution in [3.8, 4) is 0 Å². The fraction of sp³-hybridized carbons (Fsp3) is 1.00. The molecule has 0 radical (unpaired) electrons. The van der Waals surface area contributed by atoms with Crippen molar-refractivity contribution in [2.45, 2.75) is 113 Å². The van der Waals surface area contributed by atoms with E-state index in [0.29, 0.717) is 5.66 Å². The van der Waals surface area contributed by atoms with Crippen molar-refractivity contribution in [2.75, 3.05) is 0 Å². The molecular formula is C18H33OP. The molecule has 3 saturated carbocycles. The molecule has 0 spiro atoms. The van der Waals surface area contributed by atoms with Crippen molar-refractivity contribution in [1.82, 2.24) is 0 Å². The second-order valence-electron chi connectivity index (χ2n) is 7.45. The van der Waals surface area contributed by atoms with Crippen LogP contribution in [0.4, 0.5) is 0 Å². The van der Waals surface area contributed by atoms with Crippen molar-refractivity contribution in [3.63, 3.8) is 0 Å². The Morgan fingerprint density at radius 1 is 0.550 bits per heavy atom. The topological polar surface area (TPSA) is 20.2 Å². The summed E-state index contributed by atoms with van der Waals surface area (Å²) in [5.41, 5.74) is 2.74. The smallest absolute Gasteiger partial charge is 0.0607 e. The molecule has 3 aliphatic rings. The molecule has 3 aliphatic carbocycles. The molecule has 3 fully saturated rings. The van der Waals surface area contributed by atoms with Gasteiger partial charge in [-0.2, -0.15) is 0 Å². The zero-order chi connectivity index (χ0) is 13.8. The van der Waals surface area contributed by atoms with Gasteiger partial charge in [-0.15, -0.1) is 0 Å². The summed E-state index contributed by atoms with van der Waals surface area (Å²) in [4.78, 5) is 0. The van der Waals surface area contributed by atoms with Crippen molar-refractivity contribution in [1.29, 1.82) is 0 Å². The maximum Gasteiger partial charge on any atom is 0.0607 e. The molecule has 1 nitrogen and oxygen atoms in total. The first-order valence-electron chi connectivity index (χ1n) is 9.32. The first-order chi connectivity index (χ1) is 9.86. The Hall–Kier alpha value is 0.390. The van der Waals surface area contributed by atoms with Gasteiger partial charge in [-0.1, -0.05) is 59.3 Å². The lowest BCUT2D eigenvalue weighted by molar-refractivity contribution is 0.133. The standard InChI is InChI=1S/C18H33OP/c19-17-13-7-8-14-18(17)20(15-9-3-1-4-10-15)16-11-5-2-6-12-16/h15-19H,1-14H2. The van der Waals surface area contributed by atoms with Crippen molar-refractivity contribution < 1.29 is 5.11 Å². The normalized spacial score (nSPS) is 34.5. The van der Waals surface area contributed by atoms with Gasteiger partial charge in [-0.05, 0) is 49.8 Å². The third-order valence-electron chi connectivity index (χ3n) is 6.07. The Balaban J connectivity index is 1.73. The van der Waals surface area contributed by atoms with Gasteiger partial charge in [0.2, 0.25) is 0 Å². The maximum atomic E-state index is 10.6. The molecule has 0 amide bonds. The molecule has 0 aromatic heterocycles. The lowest BCUT2D eigenvalue weighted by atomic mass is 9.97. The van der Waals surface area contributed by atoms with E-state index in [1.165, 1.54) is 83.5 Å². The summed E-state index contributed by atoms with van der Waals surface area (Å²) in [7, 11) is 0.0955. The molecule has 1 N–H and O–H groups in total. The summed E-state index contributed by atoms with van der Waals surface area (Å²) in [6, 6.07) is 0. The molecule has 0 heterocycles. The van der Waals surface area contributed by atoms with Gasteiger partial charge in [-0.25, -0.2) is 0 Å². The van der Waals surface area contributed by atoms with Crippen molar-refractivity contribution in [2.24, 2.45) is 0 Å². The third-order valence-corrected chi connectivity index (χ3v) is 10.2. The maximum absolute atomic E-state index is 10.6. The summed E-state index contributed by atoms with van der Waals surface area (Å²) in [6.07, 6.45) is 20.0. The lowest BCUT2D eigenvalue weighted by Gasteiger charge is -2.46. The highest BCUT2D eigenvalue weighted by Crippen LogP contribution is 2.61. The van der Waals surface area contributed by atoms with E-state index in [9.17, 15) is 5.11 Å². The van der Waals surface area contributed by atoms with Crippen molar-refractivity contribution >= 4 is 7.92 Å². The average Bonchev–Trinajstić information content (AvgIpc) is 2.52. The summed E-state index contributed by atoms with van der Waals surface area (Å²) >= 11 is 0. The second kappa shape index (κ2) is 7.59. The van der Waals surface area contributed by atoms with E-state index in [0.717, 1.165) is 17.7 Å². The summed E-state index contributed by atoms with van der Waals surface area (Å²) < 4.78 is 0. The number of hydrogen-bond donors (Lipinski definition) is 1. The van der Waals surface area contributed by atoms with Crippen LogP contribution >= 0.6 is 7.92 Å². The van der Waals surface area contributed by atoms with E-state index in [2.05, 4.69) is 0 Å². The van der Waals surface area contributed by atoms with Gasteiger partial charge < -0.3 is 5.11 Å². The predicted molar refractivity (Wildman–Crippen MR) is 88.9 cm³/mol. The highest BCUT2D eigenvalue weighted by atomic mass is 31.1. The summed E-state index contributed by atoms with van der Waals surface area (Å²) in [6.45, 7) is 0. The average molecular weight is 296 g/mol. The van der Waals surface area contributed by atoms with E-state index in [1.54, 1.807) is 0 Å². The van der Waals surface area contributed by atoms with E-state index >= 15 is 0 Å². The quantitative estimate of drug-likeness (QED) is 0.688. The fourth-order valence-electron chi connectivity index (χ4n) is 5.04.